The van der Waals surface area contributed by atoms with Crippen LogP contribution in [0.15, 0.2) is 57.1 Å². The SMILES string of the molecule is CC(C)(C)C1CCC2(CC1)N=C(C1=CC(Cl)=CC(Cl)C1)C(=O)N2C(c1ccc(C(=O)NCC(N)=NNN)cc1)C1CC1. The van der Waals surface area contributed by atoms with E-state index < -0.39 is 5.66 Å². The molecule has 2 amide bonds. The number of aliphatic imine (C=N–C) groups is 1. The van der Waals surface area contributed by atoms with E-state index in [4.69, 9.17) is 39.8 Å². The molecular formula is C31H41Cl2N7O2. The Bertz CT molecular complexity index is 1330. The summed E-state index contributed by atoms with van der Waals surface area (Å²) in [7, 11) is 0. The molecule has 1 spiro atoms. The third kappa shape index (κ3) is 6.38. The van der Waals surface area contributed by atoms with E-state index in [1.54, 1.807) is 18.2 Å². The van der Waals surface area contributed by atoms with Gasteiger partial charge in [0.2, 0.25) is 0 Å². The van der Waals surface area contributed by atoms with Gasteiger partial charge >= 0.3 is 0 Å². The summed E-state index contributed by atoms with van der Waals surface area (Å²) < 4.78 is 0. The molecule has 1 heterocycles. The first kappa shape index (κ1) is 30.6. The number of carbonyl (C=O) groups is 2. The Morgan fingerprint density at radius 2 is 1.86 bits per heavy atom. The van der Waals surface area contributed by atoms with Crippen LogP contribution in [0.2, 0.25) is 0 Å². The van der Waals surface area contributed by atoms with Crippen LogP contribution in [0.5, 0.6) is 0 Å². The summed E-state index contributed by atoms with van der Waals surface area (Å²) in [6, 6.07) is 7.39. The standard InChI is InChI=1S/C31H41Cl2N7O2/c1-30(2,3)22-10-12-31(13-11-22)37-26(21-14-23(32)16-24(33)15-21)29(42)40(31)27(18-4-5-18)19-6-8-20(9-7-19)28(41)36-17-25(34)38-39-35/h6-9,14,16,18,22,24,27,39H,4-5,10-13,15,17,35H2,1-3H3,(H2,34,38)(H,36,41). The molecule has 2 fully saturated rings. The van der Waals surface area contributed by atoms with Crippen LogP contribution < -0.4 is 22.4 Å². The van der Waals surface area contributed by atoms with Crippen molar-refractivity contribution in [2.75, 3.05) is 6.54 Å². The lowest BCUT2D eigenvalue weighted by Gasteiger charge is -2.47. The number of nitrogens with one attached hydrogen (secondary N) is 2. The molecule has 2 unspecified atom stereocenters. The predicted molar refractivity (Wildman–Crippen MR) is 168 cm³/mol. The highest BCUT2D eigenvalue weighted by molar-refractivity contribution is 6.47. The normalized spacial score (nSPS) is 27.4. The number of hydrazone groups is 1. The average Bonchev–Trinajstić information content (AvgIpc) is 3.74. The Labute approximate surface area is 257 Å². The second-order valence-electron chi connectivity index (χ2n) is 13.0. The van der Waals surface area contributed by atoms with E-state index in [9.17, 15) is 9.59 Å². The predicted octanol–water partition coefficient (Wildman–Crippen LogP) is 4.88. The second-order valence-corrected chi connectivity index (χ2v) is 14.0. The monoisotopic (exact) mass is 613 g/mol. The molecule has 6 N–H and O–H groups in total. The minimum Gasteiger partial charge on any atom is -0.384 e. The first-order valence-electron chi connectivity index (χ1n) is 14.7. The third-order valence-electron chi connectivity index (χ3n) is 9.07. The summed E-state index contributed by atoms with van der Waals surface area (Å²) in [6.45, 7) is 6.95. The highest BCUT2D eigenvalue weighted by atomic mass is 35.5. The molecule has 42 heavy (non-hydrogen) atoms. The number of amidine groups is 1. The van der Waals surface area contributed by atoms with Crippen molar-refractivity contribution in [1.82, 2.24) is 15.8 Å². The van der Waals surface area contributed by atoms with Gasteiger partial charge in [-0.3, -0.25) is 14.6 Å². The summed E-state index contributed by atoms with van der Waals surface area (Å²) in [5, 5.41) is 6.65. The molecule has 1 aromatic carbocycles. The number of carbonyl (C=O) groups excluding carboxylic acids is 2. The van der Waals surface area contributed by atoms with Crippen LogP contribution in [0.3, 0.4) is 0 Å². The number of halogens is 2. The van der Waals surface area contributed by atoms with Gasteiger partial charge in [-0.25, -0.2) is 11.4 Å². The van der Waals surface area contributed by atoms with Crippen molar-refractivity contribution in [2.45, 2.75) is 82.8 Å². The van der Waals surface area contributed by atoms with Gasteiger partial charge in [-0.1, -0.05) is 44.5 Å². The zero-order chi connectivity index (χ0) is 30.2. The van der Waals surface area contributed by atoms with Crippen molar-refractivity contribution in [3.8, 4) is 0 Å². The maximum absolute atomic E-state index is 14.4. The van der Waals surface area contributed by atoms with Crippen molar-refractivity contribution in [3.63, 3.8) is 0 Å². The molecule has 0 saturated heterocycles. The molecule has 0 radical (unpaired) electrons. The zero-order valence-corrected chi connectivity index (χ0v) is 26.0. The van der Waals surface area contributed by atoms with Crippen LogP contribution in [-0.2, 0) is 4.79 Å². The van der Waals surface area contributed by atoms with E-state index in [1.807, 2.05) is 18.2 Å². The Kier molecular flexibility index (Phi) is 8.75. The number of hydrogen-bond acceptors (Lipinski definition) is 6. The van der Waals surface area contributed by atoms with Crippen LogP contribution in [0, 0.1) is 17.3 Å². The van der Waals surface area contributed by atoms with Gasteiger partial charge < -0.3 is 16.0 Å². The largest absolute Gasteiger partial charge is 0.384 e. The second kappa shape index (κ2) is 12.0. The molecule has 4 aliphatic rings. The molecule has 0 bridgehead atoms. The molecule has 1 aliphatic heterocycles. The molecule has 9 nitrogen and oxygen atoms in total. The highest BCUT2D eigenvalue weighted by Gasteiger charge is 2.55. The molecule has 226 valence electrons. The number of hydrazine groups is 1. The fourth-order valence-corrected chi connectivity index (χ4v) is 7.31. The average molecular weight is 615 g/mol. The highest BCUT2D eigenvalue weighted by Crippen LogP contribution is 2.54. The summed E-state index contributed by atoms with van der Waals surface area (Å²) >= 11 is 12.9. The van der Waals surface area contributed by atoms with E-state index in [-0.39, 0.29) is 41.0 Å². The van der Waals surface area contributed by atoms with E-state index in [0.717, 1.165) is 49.7 Å². The van der Waals surface area contributed by atoms with Crippen molar-refractivity contribution < 1.29 is 9.59 Å². The van der Waals surface area contributed by atoms with Gasteiger partial charge in [0.05, 0.1) is 18.0 Å². The van der Waals surface area contributed by atoms with Gasteiger partial charge in [-0.2, -0.15) is 5.10 Å². The number of rotatable bonds is 8. The van der Waals surface area contributed by atoms with E-state index in [2.05, 4.69) is 41.6 Å². The molecule has 2 atom stereocenters. The Balaban J connectivity index is 1.46. The fraction of sp³-hybridized carbons (Fsp3) is 0.548. The van der Waals surface area contributed by atoms with E-state index >= 15 is 0 Å². The lowest BCUT2D eigenvalue weighted by atomic mass is 9.69. The molecule has 11 heteroatoms. The smallest absolute Gasteiger partial charge is 0.274 e. The molecule has 1 aromatic rings. The minimum atomic E-state index is -0.609. The van der Waals surface area contributed by atoms with Gasteiger partial charge in [-0.15, -0.1) is 11.6 Å². The van der Waals surface area contributed by atoms with Gasteiger partial charge in [0.25, 0.3) is 11.8 Å². The molecule has 2 saturated carbocycles. The molecule has 3 aliphatic carbocycles. The number of nitrogens with zero attached hydrogens (tertiary/aromatic N) is 3. The van der Waals surface area contributed by atoms with E-state index in [1.165, 1.54) is 0 Å². The maximum Gasteiger partial charge on any atom is 0.274 e. The number of nitrogens with two attached hydrogens (primary N) is 2. The number of alkyl halides is 1. The quantitative estimate of drug-likeness (QED) is 0.109. The molecular weight excluding hydrogens is 573 g/mol. The Hall–Kier alpha value is -2.88. The lowest BCUT2D eigenvalue weighted by Crippen LogP contribution is -2.52. The van der Waals surface area contributed by atoms with Crippen LogP contribution in [0.1, 0.15) is 87.7 Å². The summed E-state index contributed by atoms with van der Waals surface area (Å²) in [5.41, 5.74) is 10.2. The number of allylic oxidation sites excluding steroid dienone is 3. The van der Waals surface area contributed by atoms with Crippen molar-refractivity contribution >= 4 is 46.6 Å². The maximum atomic E-state index is 14.4. The van der Waals surface area contributed by atoms with Gasteiger partial charge in [0.15, 0.2) is 0 Å². The zero-order valence-electron chi connectivity index (χ0n) is 24.5. The topological polar surface area (TPSA) is 138 Å². The Morgan fingerprint density at radius 1 is 1.19 bits per heavy atom. The van der Waals surface area contributed by atoms with Gasteiger partial charge in [-0.05, 0) is 97.6 Å². The Morgan fingerprint density at radius 3 is 2.43 bits per heavy atom. The van der Waals surface area contributed by atoms with Crippen molar-refractivity contribution in [3.05, 3.63) is 58.1 Å². The summed E-state index contributed by atoms with van der Waals surface area (Å²) in [5.74, 6) is 5.88. The van der Waals surface area contributed by atoms with Gasteiger partial charge in [0.1, 0.15) is 17.2 Å². The van der Waals surface area contributed by atoms with Crippen molar-refractivity contribution in [2.24, 2.45) is 38.9 Å². The van der Waals surface area contributed by atoms with E-state index in [0.29, 0.717) is 34.6 Å². The first-order chi connectivity index (χ1) is 19.9. The fourth-order valence-electron chi connectivity index (χ4n) is 6.66. The van der Waals surface area contributed by atoms with Crippen LogP contribution in [0.25, 0.3) is 0 Å². The lowest BCUT2D eigenvalue weighted by molar-refractivity contribution is -0.134. The number of benzene rings is 1. The number of amides is 2. The third-order valence-corrected chi connectivity index (χ3v) is 9.59. The van der Waals surface area contributed by atoms with Crippen LogP contribution in [0.4, 0.5) is 0 Å². The van der Waals surface area contributed by atoms with Crippen LogP contribution >= 0.6 is 23.2 Å². The number of hydrogen-bond donors (Lipinski definition) is 4. The first-order valence-corrected chi connectivity index (χ1v) is 15.5. The van der Waals surface area contributed by atoms with Gasteiger partial charge in [0, 0.05) is 10.6 Å². The van der Waals surface area contributed by atoms with Crippen molar-refractivity contribution in [1.29, 1.82) is 0 Å². The summed E-state index contributed by atoms with van der Waals surface area (Å²) in [6.07, 6.45) is 9.89. The molecule has 5 rings (SSSR count). The van der Waals surface area contributed by atoms with Crippen LogP contribution in [-0.4, -0.2) is 45.8 Å². The minimum absolute atomic E-state index is 0.0484. The molecule has 0 aromatic heterocycles. The summed E-state index contributed by atoms with van der Waals surface area (Å²) in [4.78, 5) is 34.5.